The van der Waals surface area contributed by atoms with Crippen molar-refractivity contribution >= 4 is 17.8 Å². The van der Waals surface area contributed by atoms with E-state index in [9.17, 15) is 19.5 Å². The van der Waals surface area contributed by atoms with Crippen molar-refractivity contribution in [3.8, 4) is 0 Å². The molecule has 35 heavy (non-hydrogen) atoms. The predicted molar refractivity (Wildman–Crippen MR) is 139 cm³/mol. The van der Waals surface area contributed by atoms with Gasteiger partial charge in [0.15, 0.2) is 0 Å². The maximum Gasteiger partial charge on any atom is 0.333 e. The summed E-state index contributed by atoms with van der Waals surface area (Å²) in [6, 6.07) is 8.04. The van der Waals surface area contributed by atoms with Crippen molar-refractivity contribution in [1.82, 2.24) is 10.2 Å². The standard InChI is InChI=1S/C28H44N2O5/c1-11-35-26(34)19(4)17-21(18(2)3)30(10)25(33)22(27(5,6)7)29-24(32)23(31)28(8,9)20-15-13-12-14-16-20/h12-18,21-23,31H,11H2,1-10H3,(H,29,32)/b19-17+/t21-,22-,23?/m1/s1. The van der Waals surface area contributed by atoms with Crippen LogP contribution in [0.15, 0.2) is 42.0 Å². The van der Waals surface area contributed by atoms with Gasteiger partial charge in [-0.25, -0.2) is 4.79 Å². The number of benzene rings is 1. The summed E-state index contributed by atoms with van der Waals surface area (Å²) in [6.07, 6.45) is 0.370. The van der Waals surface area contributed by atoms with E-state index < -0.39 is 34.9 Å². The number of carbonyl (C=O) groups is 3. The van der Waals surface area contributed by atoms with Crippen molar-refractivity contribution in [2.45, 2.75) is 85.9 Å². The Hall–Kier alpha value is -2.67. The van der Waals surface area contributed by atoms with Gasteiger partial charge in [-0.3, -0.25) is 9.59 Å². The van der Waals surface area contributed by atoms with E-state index in [2.05, 4.69) is 5.32 Å². The first-order valence-electron chi connectivity index (χ1n) is 12.2. The van der Waals surface area contributed by atoms with Crippen LogP contribution in [0.25, 0.3) is 0 Å². The van der Waals surface area contributed by atoms with Crippen LogP contribution in [0.3, 0.4) is 0 Å². The first kappa shape index (κ1) is 30.4. The average molecular weight is 489 g/mol. The summed E-state index contributed by atoms with van der Waals surface area (Å²) in [5.41, 5.74) is -0.249. The number of amides is 2. The third kappa shape index (κ3) is 7.92. The summed E-state index contributed by atoms with van der Waals surface area (Å²) < 4.78 is 5.08. The van der Waals surface area contributed by atoms with Crippen molar-refractivity contribution in [1.29, 1.82) is 0 Å². The number of aliphatic hydroxyl groups excluding tert-OH is 1. The lowest BCUT2D eigenvalue weighted by Gasteiger charge is -2.39. The van der Waals surface area contributed by atoms with E-state index in [1.54, 1.807) is 45.7 Å². The van der Waals surface area contributed by atoms with E-state index >= 15 is 0 Å². The normalized spacial score (nSPS) is 15.3. The van der Waals surface area contributed by atoms with Crippen LogP contribution in [0, 0.1) is 11.3 Å². The molecular weight excluding hydrogens is 444 g/mol. The molecular formula is C28H44N2O5. The van der Waals surface area contributed by atoms with Crippen LogP contribution in [-0.4, -0.2) is 59.6 Å². The molecule has 1 aromatic rings. The lowest BCUT2D eigenvalue weighted by atomic mass is 9.78. The maximum atomic E-state index is 13.7. The first-order valence-corrected chi connectivity index (χ1v) is 12.2. The van der Waals surface area contributed by atoms with E-state index in [0.717, 1.165) is 5.56 Å². The zero-order valence-electron chi connectivity index (χ0n) is 23.0. The second-order valence-corrected chi connectivity index (χ2v) is 11.1. The topological polar surface area (TPSA) is 95.9 Å². The number of ether oxygens (including phenoxy) is 1. The summed E-state index contributed by atoms with van der Waals surface area (Å²) in [7, 11) is 1.66. The molecule has 0 aliphatic rings. The van der Waals surface area contributed by atoms with Crippen molar-refractivity contribution in [2.24, 2.45) is 11.3 Å². The van der Waals surface area contributed by atoms with Gasteiger partial charge < -0.3 is 20.1 Å². The van der Waals surface area contributed by atoms with E-state index in [0.29, 0.717) is 5.57 Å². The molecule has 0 fully saturated rings. The van der Waals surface area contributed by atoms with Crippen molar-refractivity contribution in [3.05, 3.63) is 47.5 Å². The van der Waals surface area contributed by atoms with Crippen LogP contribution in [0.1, 0.15) is 67.9 Å². The highest BCUT2D eigenvalue weighted by molar-refractivity contribution is 5.91. The quantitative estimate of drug-likeness (QED) is 0.385. The molecule has 0 radical (unpaired) electrons. The fourth-order valence-electron chi connectivity index (χ4n) is 3.89. The molecule has 0 bridgehead atoms. The Balaban J connectivity index is 3.22. The number of esters is 1. The number of nitrogens with zero attached hydrogens (tertiary/aromatic N) is 1. The Morgan fingerprint density at radius 3 is 2.09 bits per heavy atom. The maximum absolute atomic E-state index is 13.7. The van der Waals surface area contributed by atoms with Gasteiger partial charge in [0.25, 0.3) is 0 Å². The van der Waals surface area contributed by atoms with Gasteiger partial charge in [0.2, 0.25) is 11.8 Å². The Labute approximate surface area is 210 Å². The van der Waals surface area contributed by atoms with Crippen LogP contribution in [-0.2, 0) is 24.5 Å². The SMILES string of the molecule is CCOC(=O)/C(C)=C/[C@H](C(C)C)N(C)C(=O)[C@@H](NC(=O)C(O)C(C)(C)c1ccccc1)C(C)(C)C. The van der Waals surface area contributed by atoms with Crippen LogP contribution >= 0.6 is 0 Å². The van der Waals surface area contributed by atoms with Gasteiger partial charge in [-0.1, -0.05) is 84.9 Å². The summed E-state index contributed by atoms with van der Waals surface area (Å²) in [5.74, 6) is -1.33. The molecule has 7 heteroatoms. The summed E-state index contributed by atoms with van der Waals surface area (Å²) in [6.45, 7) is 16.8. The van der Waals surface area contributed by atoms with E-state index in [1.165, 1.54) is 0 Å². The van der Waals surface area contributed by atoms with Gasteiger partial charge in [0.1, 0.15) is 12.1 Å². The van der Waals surface area contributed by atoms with E-state index in [4.69, 9.17) is 4.74 Å². The minimum absolute atomic E-state index is 0.00671. The molecule has 3 atom stereocenters. The van der Waals surface area contributed by atoms with Crippen LogP contribution in [0.4, 0.5) is 0 Å². The second-order valence-electron chi connectivity index (χ2n) is 11.1. The highest BCUT2D eigenvalue weighted by Gasteiger charge is 2.41. The second kappa shape index (κ2) is 12.3. The van der Waals surface area contributed by atoms with Crippen molar-refractivity contribution in [2.75, 3.05) is 13.7 Å². The zero-order chi connectivity index (χ0) is 27.1. The summed E-state index contributed by atoms with van der Waals surface area (Å²) in [4.78, 5) is 40.6. The zero-order valence-corrected chi connectivity index (χ0v) is 23.0. The first-order chi connectivity index (χ1) is 16.0. The molecule has 2 amide bonds. The predicted octanol–water partition coefficient (Wildman–Crippen LogP) is 3.85. The lowest BCUT2D eigenvalue weighted by Crippen LogP contribution is -2.59. The highest BCUT2D eigenvalue weighted by Crippen LogP contribution is 2.29. The molecule has 0 heterocycles. The van der Waals surface area contributed by atoms with Crippen LogP contribution in [0.2, 0.25) is 0 Å². The minimum atomic E-state index is -1.36. The Bertz CT molecular complexity index is 900. The molecule has 2 N–H and O–H groups in total. The number of carbonyl (C=O) groups excluding carboxylic acids is 3. The smallest absolute Gasteiger partial charge is 0.333 e. The van der Waals surface area contributed by atoms with Gasteiger partial charge in [0, 0.05) is 18.0 Å². The van der Waals surface area contributed by atoms with Crippen LogP contribution in [0.5, 0.6) is 0 Å². The molecule has 0 saturated heterocycles. The molecule has 7 nitrogen and oxygen atoms in total. The number of hydrogen-bond donors (Lipinski definition) is 2. The highest BCUT2D eigenvalue weighted by atomic mass is 16.5. The fourth-order valence-corrected chi connectivity index (χ4v) is 3.89. The Kier molecular flexibility index (Phi) is 10.7. The van der Waals surface area contributed by atoms with E-state index in [1.807, 2.05) is 65.0 Å². The van der Waals surface area contributed by atoms with Gasteiger partial charge in [-0.05, 0) is 30.7 Å². The number of hydrogen-bond acceptors (Lipinski definition) is 5. The number of likely N-dealkylation sites (N-methyl/N-ethyl adjacent to an activating group) is 1. The number of nitrogens with one attached hydrogen (secondary N) is 1. The van der Waals surface area contributed by atoms with Crippen molar-refractivity contribution < 1.29 is 24.2 Å². The number of rotatable bonds is 10. The largest absolute Gasteiger partial charge is 0.463 e. The minimum Gasteiger partial charge on any atom is -0.463 e. The molecule has 1 aromatic carbocycles. The fraction of sp³-hybridized carbons (Fsp3) is 0.607. The van der Waals surface area contributed by atoms with E-state index in [-0.39, 0.29) is 24.5 Å². The molecule has 0 aliphatic heterocycles. The molecule has 196 valence electrons. The molecule has 1 unspecified atom stereocenters. The summed E-state index contributed by atoms with van der Waals surface area (Å²) >= 11 is 0. The lowest BCUT2D eigenvalue weighted by molar-refractivity contribution is -0.143. The third-order valence-electron chi connectivity index (χ3n) is 6.35. The van der Waals surface area contributed by atoms with Crippen molar-refractivity contribution in [3.63, 3.8) is 0 Å². The average Bonchev–Trinajstić information content (AvgIpc) is 2.78. The summed E-state index contributed by atoms with van der Waals surface area (Å²) in [5, 5.41) is 13.8. The third-order valence-corrected chi connectivity index (χ3v) is 6.35. The Morgan fingerprint density at radius 1 is 1.09 bits per heavy atom. The van der Waals surface area contributed by atoms with Gasteiger partial charge >= 0.3 is 5.97 Å². The Morgan fingerprint density at radius 2 is 1.63 bits per heavy atom. The molecule has 0 aliphatic carbocycles. The molecule has 0 saturated carbocycles. The van der Waals surface area contributed by atoms with Gasteiger partial charge in [-0.2, -0.15) is 0 Å². The molecule has 0 aromatic heterocycles. The van der Waals surface area contributed by atoms with Crippen LogP contribution < -0.4 is 5.32 Å². The molecule has 1 rings (SSSR count). The number of aliphatic hydroxyl groups is 1. The van der Waals surface area contributed by atoms with Gasteiger partial charge in [0.05, 0.1) is 12.6 Å². The molecule has 0 spiro atoms. The van der Waals surface area contributed by atoms with Gasteiger partial charge in [-0.15, -0.1) is 0 Å². The monoisotopic (exact) mass is 488 g/mol.